The molecule has 1 aromatic heterocycles. The number of rotatable bonds is 4. The molecule has 1 aliphatic heterocycles. The molecule has 1 amide bonds. The number of carbonyl (C=O) groups is 2. The van der Waals surface area contributed by atoms with E-state index in [0.29, 0.717) is 22.1 Å². The summed E-state index contributed by atoms with van der Waals surface area (Å²) >= 11 is 1.46. The van der Waals surface area contributed by atoms with E-state index >= 15 is 0 Å². The van der Waals surface area contributed by atoms with Gasteiger partial charge in [0.2, 0.25) is 0 Å². The van der Waals surface area contributed by atoms with Gasteiger partial charge in [-0.05, 0) is 60.6 Å². The van der Waals surface area contributed by atoms with Crippen LogP contribution in [0, 0.1) is 0 Å². The van der Waals surface area contributed by atoms with Gasteiger partial charge in [0.15, 0.2) is 6.29 Å². The van der Waals surface area contributed by atoms with E-state index in [4.69, 9.17) is 0 Å². The van der Waals surface area contributed by atoms with E-state index in [1.807, 2.05) is 30.3 Å². The van der Waals surface area contributed by atoms with Crippen molar-refractivity contribution >= 4 is 34.3 Å². The van der Waals surface area contributed by atoms with Crippen molar-refractivity contribution in [2.45, 2.75) is 12.5 Å². The summed E-state index contributed by atoms with van der Waals surface area (Å²) in [5, 5.41) is 14.5. The van der Waals surface area contributed by atoms with Gasteiger partial charge >= 0.3 is 0 Å². The summed E-state index contributed by atoms with van der Waals surface area (Å²) in [5.74, 6) is -0.0432. The van der Waals surface area contributed by atoms with E-state index in [-0.39, 0.29) is 17.7 Å². The minimum Gasteiger partial charge on any atom is -0.507 e. The second-order valence-electron chi connectivity index (χ2n) is 6.94. The number of hydrogen-bond donors (Lipinski definition) is 2. The third-order valence-corrected chi connectivity index (χ3v) is 6.13. The van der Waals surface area contributed by atoms with Gasteiger partial charge in [-0.3, -0.25) is 9.59 Å². The molecule has 2 aromatic carbocycles. The van der Waals surface area contributed by atoms with Crippen LogP contribution in [0.2, 0.25) is 0 Å². The molecule has 3 aromatic rings. The monoisotopic (exact) mass is 380 g/mol. The van der Waals surface area contributed by atoms with Gasteiger partial charge < -0.3 is 15.3 Å². The molecule has 5 nitrogen and oxygen atoms in total. The predicted octanol–water partition coefficient (Wildman–Crippen LogP) is 3.52. The number of nitrogens with one attached hydrogen (secondary N) is 1. The molecular weight excluding hydrogens is 360 g/mol. The largest absolute Gasteiger partial charge is 0.507 e. The summed E-state index contributed by atoms with van der Waals surface area (Å²) in [7, 11) is 2.06. The summed E-state index contributed by atoms with van der Waals surface area (Å²) < 4.78 is 0. The number of benzene rings is 2. The number of hydrogen-bond acceptors (Lipinski definition) is 5. The topological polar surface area (TPSA) is 69.6 Å². The molecule has 1 fully saturated rings. The van der Waals surface area contributed by atoms with Crippen molar-refractivity contribution in [1.82, 2.24) is 10.2 Å². The Hall–Kier alpha value is -2.70. The first-order chi connectivity index (χ1) is 13.0. The maximum Gasteiger partial charge on any atom is 0.261 e. The number of likely N-dealkylation sites (tertiary alicyclic amines) is 1. The average Bonchev–Trinajstić information content (AvgIpc) is 3.30. The molecule has 1 unspecified atom stereocenters. The van der Waals surface area contributed by atoms with Crippen LogP contribution < -0.4 is 5.32 Å². The highest BCUT2D eigenvalue weighted by atomic mass is 32.1. The quantitative estimate of drug-likeness (QED) is 0.680. The number of aromatic hydroxyl groups is 1. The van der Waals surface area contributed by atoms with Gasteiger partial charge in [-0.2, -0.15) is 0 Å². The maximum atomic E-state index is 12.5. The number of likely N-dealkylation sites (N-methyl/N-ethyl adjacent to an activating group) is 1. The standard InChI is InChI=1S/C21H20N2O3S/c1-23-9-8-15(11-23)22-21(26)20-7-6-19(27-20)14-2-4-16-13(10-14)3-5-18(25)17(16)12-24/h2-7,10,12,15,25H,8-9,11H2,1H3,(H,22,26). The molecule has 2 heterocycles. The van der Waals surface area contributed by atoms with Crippen LogP contribution in [-0.2, 0) is 0 Å². The van der Waals surface area contributed by atoms with Crippen LogP contribution in [0.3, 0.4) is 0 Å². The first-order valence-electron chi connectivity index (χ1n) is 8.85. The Balaban J connectivity index is 1.58. The maximum absolute atomic E-state index is 12.5. The van der Waals surface area contributed by atoms with E-state index in [9.17, 15) is 14.7 Å². The van der Waals surface area contributed by atoms with Gasteiger partial charge in [-0.15, -0.1) is 11.3 Å². The number of amides is 1. The summed E-state index contributed by atoms with van der Waals surface area (Å²) in [6.45, 7) is 1.90. The van der Waals surface area contributed by atoms with E-state index in [1.54, 1.807) is 6.07 Å². The number of phenolic OH excluding ortho intramolecular Hbond substituents is 1. The fraction of sp³-hybridized carbons (Fsp3) is 0.238. The summed E-state index contributed by atoms with van der Waals surface area (Å²) in [5.41, 5.74) is 1.28. The third-order valence-electron chi connectivity index (χ3n) is 5.00. The zero-order chi connectivity index (χ0) is 19.0. The molecule has 6 heteroatoms. The Bertz CT molecular complexity index is 1030. The molecule has 1 aliphatic rings. The van der Waals surface area contributed by atoms with Crippen molar-refractivity contribution in [2.24, 2.45) is 0 Å². The number of phenols is 1. The van der Waals surface area contributed by atoms with Crippen LogP contribution in [0.5, 0.6) is 5.75 Å². The molecule has 0 saturated carbocycles. The van der Waals surface area contributed by atoms with Crippen LogP contribution in [0.15, 0.2) is 42.5 Å². The molecule has 0 radical (unpaired) electrons. The highest BCUT2D eigenvalue weighted by molar-refractivity contribution is 7.17. The molecule has 27 heavy (non-hydrogen) atoms. The second-order valence-corrected chi connectivity index (χ2v) is 8.02. The summed E-state index contributed by atoms with van der Waals surface area (Å²) in [4.78, 5) is 27.6. The highest BCUT2D eigenvalue weighted by Crippen LogP contribution is 2.33. The number of nitrogens with zero attached hydrogens (tertiary/aromatic N) is 1. The lowest BCUT2D eigenvalue weighted by molar-refractivity contribution is 0.0942. The van der Waals surface area contributed by atoms with Gasteiger partial charge in [0, 0.05) is 17.5 Å². The Morgan fingerprint density at radius 2 is 2.11 bits per heavy atom. The van der Waals surface area contributed by atoms with Crippen molar-refractivity contribution in [3.63, 3.8) is 0 Å². The Morgan fingerprint density at radius 3 is 2.85 bits per heavy atom. The smallest absolute Gasteiger partial charge is 0.261 e. The third kappa shape index (κ3) is 3.46. The molecule has 2 N–H and O–H groups in total. The average molecular weight is 380 g/mol. The molecular formula is C21H20N2O3S. The van der Waals surface area contributed by atoms with E-state index in [0.717, 1.165) is 35.3 Å². The normalized spacial score (nSPS) is 17.3. The molecule has 0 spiro atoms. The van der Waals surface area contributed by atoms with Crippen LogP contribution in [0.4, 0.5) is 0 Å². The van der Waals surface area contributed by atoms with Gasteiger partial charge in [-0.25, -0.2) is 0 Å². The van der Waals surface area contributed by atoms with Crippen molar-refractivity contribution in [3.8, 4) is 16.2 Å². The fourth-order valence-electron chi connectivity index (χ4n) is 3.54. The fourth-order valence-corrected chi connectivity index (χ4v) is 4.45. The first kappa shape index (κ1) is 17.7. The van der Waals surface area contributed by atoms with E-state index < -0.39 is 0 Å². The van der Waals surface area contributed by atoms with Crippen molar-refractivity contribution in [3.05, 3.63) is 52.9 Å². The van der Waals surface area contributed by atoms with Crippen molar-refractivity contribution < 1.29 is 14.7 Å². The molecule has 4 rings (SSSR count). The number of carbonyl (C=O) groups excluding carboxylic acids is 2. The number of thiophene rings is 1. The van der Waals surface area contributed by atoms with Crippen molar-refractivity contribution in [1.29, 1.82) is 0 Å². The van der Waals surface area contributed by atoms with Crippen LogP contribution >= 0.6 is 11.3 Å². The molecule has 1 atom stereocenters. The van der Waals surface area contributed by atoms with Gasteiger partial charge in [0.1, 0.15) is 5.75 Å². The highest BCUT2D eigenvalue weighted by Gasteiger charge is 2.22. The van der Waals surface area contributed by atoms with Crippen molar-refractivity contribution in [2.75, 3.05) is 20.1 Å². The van der Waals surface area contributed by atoms with E-state index in [1.165, 1.54) is 17.4 Å². The van der Waals surface area contributed by atoms with Crippen LogP contribution in [-0.4, -0.2) is 48.4 Å². The Labute approximate surface area is 161 Å². The lowest BCUT2D eigenvalue weighted by atomic mass is 10.0. The molecule has 138 valence electrons. The lowest BCUT2D eigenvalue weighted by Crippen LogP contribution is -2.36. The second kappa shape index (κ2) is 7.13. The van der Waals surface area contributed by atoms with E-state index in [2.05, 4.69) is 17.3 Å². The SMILES string of the molecule is CN1CCC(NC(=O)c2ccc(-c3ccc4c(C=O)c(O)ccc4c3)s2)C1. The molecule has 1 saturated heterocycles. The van der Waals surface area contributed by atoms with Crippen LogP contribution in [0.1, 0.15) is 26.5 Å². The Kier molecular flexibility index (Phi) is 4.68. The summed E-state index contributed by atoms with van der Waals surface area (Å²) in [6, 6.07) is 13.1. The number of aldehydes is 1. The van der Waals surface area contributed by atoms with Gasteiger partial charge in [0.25, 0.3) is 5.91 Å². The molecule has 0 bridgehead atoms. The van der Waals surface area contributed by atoms with Crippen LogP contribution in [0.25, 0.3) is 21.2 Å². The lowest BCUT2D eigenvalue weighted by Gasteiger charge is -2.11. The summed E-state index contributed by atoms with van der Waals surface area (Å²) in [6.07, 6.45) is 1.66. The zero-order valence-corrected chi connectivity index (χ0v) is 15.8. The molecule has 0 aliphatic carbocycles. The predicted molar refractivity (Wildman–Crippen MR) is 108 cm³/mol. The minimum absolute atomic E-state index is 0.0158. The minimum atomic E-state index is -0.0273. The Morgan fingerprint density at radius 1 is 1.26 bits per heavy atom. The zero-order valence-electron chi connectivity index (χ0n) is 14.9. The van der Waals surface area contributed by atoms with Gasteiger partial charge in [0.05, 0.1) is 10.4 Å². The van der Waals surface area contributed by atoms with Gasteiger partial charge in [-0.1, -0.05) is 18.2 Å². The number of fused-ring (bicyclic) bond motifs is 1. The first-order valence-corrected chi connectivity index (χ1v) is 9.67.